The van der Waals surface area contributed by atoms with E-state index < -0.39 is 0 Å². The number of aromatic nitrogens is 2. The Morgan fingerprint density at radius 2 is 2.21 bits per heavy atom. The quantitative estimate of drug-likeness (QED) is 0.846. The third-order valence-corrected chi connectivity index (χ3v) is 3.37. The molecule has 5 heteroatoms. The summed E-state index contributed by atoms with van der Waals surface area (Å²) in [5, 5.41) is 3.92. The summed E-state index contributed by atoms with van der Waals surface area (Å²) in [4.78, 5) is 15.6. The van der Waals surface area contributed by atoms with Crippen molar-refractivity contribution in [2.45, 2.75) is 32.3 Å². The summed E-state index contributed by atoms with van der Waals surface area (Å²) in [7, 11) is 0. The van der Waals surface area contributed by atoms with E-state index in [-0.39, 0.29) is 17.8 Å². The van der Waals surface area contributed by atoms with Crippen LogP contribution in [0.15, 0.2) is 28.8 Å². The largest absolute Gasteiger partial charge is 0.482 e. The Kier molecular flexibility index (Phi) is 2.81. The van der Waals surface area contributed by atoms with Crippen molar-refractivity contribution in [2.24, 2.45) is 0 Å². The van der Waals surface area contributed by atoms with Crippen LogP contribution >= 0.6 is 0 Å². The molecule has 98 valence electrons. The molecule has 1 aliphatic heterocycles. The molecule has 1 aromatic carbocycles. The molecule has 0 amide bonds. The van der Waals surface area contributed by atoms with Crippen molar-refractivity contribution in [1.29, 1.82) is 0 Å². The monoisotopic (exact) mass is 258 g/mol. The molecular weight excluding hydrogens is 244 g/mol. The molecule has 0 bridgehead atoms. The molecular formula is C14H14N2O3. The third kappa shape index (κ3) is 2.12. The molecule has 0 saturated heterocycles. The maximum Gasteiger partial charge on any atom is 0.237 e. The van der Waals surface area contributed by atoms with Gasteiger partial charge in [-0.15, -0.1) is 0 Å². The Hall–Kier alpha value is -2.17. The van der Waals surface area contributed by atoms with E-state index in [1.807, 2.05) is 24.3 Å². The van der Waals surface area contributed by atoms with Crippen LogP contribution < -0.4 is 4.74 Å². The molecule has 3 rings (SSSR count). The van der Waals surface area contributed by atoms with E-state index in [9.17, 15) is 4.79 Å². The Bertz CT molecular complexity index is 596. The van der Waals surface area contributed by atoms with Gasteiger partial charge in [-0.3, -0.25) is 4.79 Å². The van der Waals surface area contributed by atoms with E-state index in [0.717, 1.165) is 17.7 Å². The van der Waals surface area contributed by atoms with Gasteiger partial charge in [-0.05, 0) is 25.5 Å². The Morgan fingerprint density at radius 1 is 1.42 bits per heavy atom. The van der Waals surface area contributed by atoms with E-state index in [1.54, 1.807) is 6.92 Å². The molecule has 2 aromatic rings. The van der Waals surface area contributed by atoms with Crippen LogP contribution in [0.3, 0.4) is 0 Å². The van der Waals surface area contributed by atoms with Crippen molar-refractivity contribution in [3.8, 4) is 5.75 Å². The van der Waals surface area contributed by atoms with Gasteiger partial charge in [0.15, 0.2) is 6.10 Å². The van der Waals surface area contributed by atoms with Crippen LogP contribution in [0, 0.1) is 0 Å². The molecule has 5 nitrogen and oxygen atoms in total. The molecule has 0 saturated carbocycles. The van der Waals surface area contributed by atoms with Crippen LogP contribution in [0.5, 0.6) is 5.75 Å². The topological polar surface area (TPSA) is 65.2 Å². The van der Waals surface area contributed by atoms with Crippen molar-refractivity contribution in [3.05, 3.63) is 41.5 Å². The van der Waals surface area contributed by atoms with E-state index in [0.29, 0.717) is 11.7 Å². The normalized spacial score (nSPS) is 18.7. The summed E-state index contributed by atoms with van der Waals surface area (Å²) in [6.45, 7) is 3.26. The van der Waals surface area contributed by atoms with Crippen LogP contribution in [0.1, 0.15) is 43.1 Å². The van der Waals surface area contributed by atoms with E-state index >= 15 is 0 Å². The van der Waals surface area contributed by atoms with Gasteiger partial charge in [0.2, 0.25) is 11.7 Å². The number of carbonyl (C=O) groups is 1. The molecule has 1 aromatic heterocycles. The Labute approximate surface area is 110 Å². The first kappa shape index (κ1) is 11.9. The molecule has 19 heavy (non-hydrogen) atoms. The minimum Gasteiger partial charge on any atom is -0.482 e. The number of fused-ring (bicyclic) bond motifs is 1. The fraction of sp³-hybridized carbons (Fsp3) is 0.357. The van der Waals surface area contributed by atoms with E-state index in [1.165, 1.54) is 6.92 Å². The Morgan fingerprint density at radius 3 is 2.95 bits per heavy atom. The van der Waals surface area contributed by atoms with Gasteiger partial charge in [-0.25, -0.2) is 0 Å². The lowest BCUT2D eigenvalue weighted by Crippen LogP contribution is -2.07. The number of carbonyl (C=O) groups excluding carboxylic acids is 1. The number of hydrogen-bond donors (Lipinski definition) is 0. The summed E-state index contributed by atoms with van der Waals surface area (Å²) in [5.74, 6) is 1.34. The van der Waals surface area contributed by atoms with Gasteiger partial charge < -0.3 is 9.26 Å². The molecule has 0 spiro atoms. The van der Waals surface area contributed by atoms with Crippen molar-refractivity contribution < 1.29 is 14.1 Å². The van der Waals surface area contributed by atoms with Crippen LogP contribution in [-0.4, -0.2) is 15.9 Å². The maximum absolute atomic E-state index is 11.3. The van der Waals surface area contributed by atoms with Crippen LogP contribution in [0.2, 0.25) is 0 Å². The predicted octanol–water partition coefficient (Wildman–Crippen LogP) is 2.44. The Balaban J connectivity index is 1.81. The number of para-hydroxylation sites is 1. The number of Topliss-reactive ketones (excluding diaryl/α,β-unsaturated/α-hetero) is 1. The van der Waals surface area contributed by atoms with Crippen LogP contribution in [0.4, 0.5) is 0 Å². The zero-order valence-electron chi connectivity index (χ0n) is 10.8. The van der Waals surface area contributed by atoms with Crippen LogP contribution in [-0.2, 0) is 11.2 Å². The number of ketones is 1. The van der Waals surface area contributed by atoms with E-state index in [4.69, 9.17) is 9.26 Å². The highest BCUT2D eigenvalue weighted by Gasteiger charge is 2.29. The van der Waals surface area contributed by atoms with E-state index in [2.05, 4.69) is 10.1 Å². The summed E-state index contributed by atoms with van der Waals surface area (Å²) in [6.07, 6.45) is 0.498. The lowest BCUT2D eigenvalue weighted by Gasteiger charge is -2.04. The summed E-state index contributed by atoms with van der Waals surface area (Å²) in [5.41, 5.74) is 1.14. The first-order valence-electron chi connectivity index (χ1n) is 6.23. The van der Waals surface area contributed by atoms with Gasteiger partial charge in [0, 0.05) is 6.42 Å². The lowest BCUT2D eigenvalue weighted by atomic mass is 10.1. The number of rotatable bonds is 3. The van der Waals surface area contributed by atoms with Crippen LogP contribution in [0.25, 0.3) is 0 Å². The molecule has 2 heterocycles. The van der Waals surface area contributed by atoms with Gasteiger partial charge >= 0.3 is 0 Å². The zero-order chi connectivity index (χ0) is 13.4. The average Bonchev–Trinajstić information content (AvgIpc) is 3.03. The zero-order valence-corrected chi connectivity index (χ0v) is 10.8. The highest BCUT2D eigenvalue weighted by molar-refractivity contribution is 5.81. The molecule has 0 N–H and O–H groups in total. The predicted molar refractivity (Wildman–Crippen MR) is 66.9 cm³/mol. The van der Waals surface area contributed by atoms with Crippen molar-refractivity contribution >= 4 is 5.78 Å². The molecule has 2 unspecified atom stereocenters. The average molecular weight is 258 g/mol. The second kappa shape index (κ2) is 4.50. The second-order valence-corrected chi connectivity index (χ2v) is 4.74. The highest BCUT2D eigenvalue weighted by atomic mass is 16.5. The first-order chi connectivity index (χ1) is 9.15. The highest BCUT2D eigenvalue weighted by Crippen LogP contribution is 2.35. The molecule has 1 aliphatic rings. The lowest BCUT2D eigenvalue weighted by molar-refractivity contribution is -0.118. The smallest absolute Gasteiger partial charge is 0.237 e. The number of benzene rings is 1. The second-order valence-electron chi connectivity index (χ2n) is 4.74. The fourth-order valence-electron chi connectivity index (χ4n) is 2.05. The van der Waals surface area contributed by atoms with Crippen molar-refractivity contribution in [1.82, 2.24) is 10.1 Å². The van der Waals surface area contributed by atoms with Gasteiger partial charge in [0.1, 0.15) is 11.5 Å². The number of ether oxygens (including phenoxy) is 1. The van der Waals surface area contributed by atoms with Gasteiger partial charge in [0.05, 0.1) is 5.92 Å². The SMILES string of the molecule is CC(=O)C(C)c1nc(C2Cc3ccccc3O2)no1. The van der Waals surface area contributed by atoms with Crippen molar-refractivity contribution in [3.63, 3.8) is 0 Å². The molecule has 0 fully saturated rings. The minimum absolute atomic E-state index is 0.00539. The maximum atomic E-state index is 11.3. The number of nitrogens with zero attached hydrogens (tertiary/aromatic N) is 2. The third-order valence-electron chi connectivity index (χ3n) is 3.37. The molecule has 0 radical (unpaired) electrons. The fourth-order valence-corrected chi connectivity index (χ4v) is 2.05. The molecule has 0 aliphatic carbocycles. The summed E-state index contributed by atoms with van der Waals surface area (Å²) < 4.78 is 10.9. The van der Waals surface area contributed by atoms with Gasteiger partial charge in [-0.1, -0.05) is 23.4 Å². The summed E-state index contributed by atoms with van der Waals surface area (Å²) in [6, 6.07) is 7.85. The minimum atomic E-state index is -0.370. The standard InChI is InChI=1S/C14H14N2O3/c1-8(9(2)17)14-15-13(16-19-14)12-7-10-5-3-4-6-11(10)18-12/h3-6,8,12H,7H2,1-2H3. The first-order valence-corrected chi connectivity index (χ1v) is 6.23. The van der Waals surface area contributed by atoms with Crippen molar-refractivity contribution in [2.75, 3.05) is 0 Å². The van der Waals surface area contributed by atoms with Gasteiger partial charge in [0.25, 0.3) is 0 Å². The number of hydrogen-bond acceptors (Lipinski definition) is 5. The summed E-state index contributed by atoms with van der Waals surface area (Å²) >= 11 is 0. The molecule has 2 atom stereocenters. The van der Waals surface area contributed by atoms with Gasteiger partial charge in [-0.2, -0.15) is 4.98 Å².